The number of aromatic nitrogens is 4. The molecule has 3 aromatic heterocycles. The molecule has 1 aliphatic rings. The van der Waals surface area contributed by atoms with Crippen LogP contribution in [0, 0.1) is 20.8 Å². The molecular formula is C19H23N5O3S. The molecule has 148 valence electrons. The second-order valence-electron chi connectivity index (χ2n) is 7.15. The zero-order valence-corrected chi connectivity index (χ0v) is 17.0. The summed E-state index contributed by atoms with van der Waals surface area (Å²) in [4.78, 5) is 8.93. The van der Waals surface area contributed by atoms with E-state index < -0.39 is 10.0 Å². The van der Waals surface area contributed by atoms with Crippen molar-refractivity contribution in [2.75, 3.05) is 13.1 Å². The summed E-state index contributed by atoms with van der Waals surface area (Å²) in [7, 11) is -3.66. The van der Waals surface area contributed by atoms with Gasteiger partial charge in [0.15, 0.2) is 5.76 Å². The van der Waals surface area contributed by atoms with E-state index in [-0.39, 0.29) is 10.9 Å². The Morgan fingerprint density at radius 2 is 2.04 bits per heavy atom. The topological polar surface area (TPSA) is 94.1 Å². The zero-order chi connectivity index (χ0) is 19.9. The first-order valence-corrected chi connectivity index (χ1v) is 10.7. The van der Waals surface area contributed by atoms with E-state index >= 15 is 0 Å². The van der Waals surface area contributed by atoms with E-state index in [4.69, 9.17) is 4.52 Å². The van der Waals surface area contributed by atoms with Crippen LogP contribution in [0.5, 0.6) is 0 Å². The molecule has 4 rings (SSSR count). The van der Waals surface area contributed by atoms with Crippen molar-refractivity contribution in [1.82, 2.24) is 24.0 Å². The number of hydrogen-bond donors (Lipinski definition) is 0. The summed E-state index contributed by atoms with van der Waals surface area (Å²) in [5.41, 5.74) is 2.32. The van der Waals surface area contributed by atoms with Gasteiger partial charge in [-0.05, 0) is 45.7 Å². The lowest BCUT2D eigenvalue weighted by molar-refractivity contribution is 0.265. The fourth-order valence-electron chi connectivity index (χ4n) is 3.94. The Labute approximate surface area is 164 Å². The molecule has 1 saturated heterocycles. The average Bonchev–Trinajstić information content (AvgIpc) is 3.24. The first kappa shape index (κ1) is 18.8. The van der Waals surface area contributed by atoms with Crippen LogP contribution in [0.3, 0.4) is 0 Å². The van der Waals surface area contributed by atoms with E-state index in [1.807, 2.05) is 25.3 Å². The van der Waals surface area contributed by atoms with Gasteiger partial charge < -0.3 is 9.09 Å². The van der Waals surface area contributed by atoms with Crippen LogP contribution >= 0.6 is 0 Å². The number of rotatable bonds is 4. The monoisotopic (exact) mass is 401 g/mol. The number of pyridine rings is 1. The molecular weight excluding hydrogens is 378 g/mol. The third kappa shape index (κ3) is 3.14. The number of imidazole rings is 1. The summed E-state index contributed by atoms with van der Waals surface area (Å²) in [5, 5.41) is 3.81. The fraction of sp³-hybridized carbons (Fsp3) is 0.421. The molecule has 1 unspecified atom stereocenters. The Balaban J connectivity index is 1.69. The lowest BCUT2D eigenvalue weighted by Gasteiger charge is -2.33. The van der Waals surface area contributed by atoms with Crippen LogP contribution in [0.15, 0.2) is 40.1 Å². The highest BCUT2D eigenvalue weighted by atomic mass is 32.2. The van der Waals surface area contributed by atoms with E-state index in [1.165, 1.54) is 0 Å². The van der Waals surface area contributed by atoms with E-state index in [0.717, 1.165) is 29.9 Å². The Morgan fingerprint density at radius 3 is 2.71 bits per heavy atom. The quantitative estimate of drug-likeness (QED) is 0.667. The summed E-state index contributed by atoms with van der Waals surface area (Å²) in [6, 6.07) is 3.84. The minimum absolute atomic E-state index is 0.00158. The molecule has 9 heteroatoms. The molecule has 1 aliphatic heterocycles. The molecule has 28 heavy (non-hydrogen) atoms. The van der Waals surface area contributed by atoms with Gasteiger partial charge in [-0.3, -0.25) is 4.98 Å². The Morgan fingerprint density at radius 1 is 1.21 bits per heavy atom. The van der Waals surface area contributed by atoms with Gasteiger partial charge in [0.2, 0.25) is 10.0 Å². The molecule has 0 bridgehead atoms. The molecule has 8 nitrogen and oxygen atoms in total. The number of piperidine rings is 1. The predicted octanol–water partition coefficient (Wildman–Crippen LogP) is 2.88. The molecule has 1 fully saturated rings. The number of nitrogens with zero attached hydrogens (tertiary/aromatic N) is 5. The maximum atomic E-state index is 13.2. The summed E-state index contributed by atoms with van der Waals surface area (Å²) >= 11 is 0. The van der Waals surface area contributed by atoms with Crippen LogP contribution < -0.4 is 0 Å². The second-order valence-corrected chi connectivity index (χ2v) is 9.02. The van der Waals surface area contributed by atoms with E-state index in [0.29, 0.717) is 24.5 Å². The van der Waals surface area contributed by atoms with E-state index in [2.05, 4.69) is 19.7 Å². The standard InChI is InChI=1S/C19H23N5O3S/c1-13-10-21-19(16-6-4-8-20-11-16)24(13)17-7-5-9-23(12-17)28(25,26)18-14(2)22-27-15(18)3/h4,6,8,10-11,17H,5,7,9,12H2,1-3H3. The van der Waals surface area contributed by atoms with Crippen LogP contribution in [0.1, 0.15) is 36.0 Å². The number of sulfonamides is 1. The van der Waals surface area contributed by atoms with Crippen molar-refractivity contribution in [3.05, 3.63) is 47.9 Å². The summed E-state index contributed by atoms with van der Waals surface area (Å²) in [6.45, 7) is 6.16. The lowest BCUT2D eigenvalue weighted by atomic mass is 10.1. The minimum Gasteiger partial charge on any atom is -0.360 e. The van der Waals surface area contributed by atoms with Crippen LogP contribution in [-0.4, -0.2) is 45.5 Å². The van der Waals surface area contributed by atoms with E-state index in [1.54, 1.807) is 30.5 Å². The highest BCUT2D eigenvalue weighted by molar-refractivity contribution is 7.89. The van der Waals surface area contributed by atoms with Crippen LogP contribution in [-0.2, 0) is 10.0 Å². The summed E-state index contributed by atoms with van der Waals surface area (Å²) in [6.07, 6.45) is 6.99. The predicted molar refractivity (Wildman–Crippen MR) is 103 cm³/mol. The molecule has 0 N–H and O–H groups in total. The molecule has 3 aromatic rings. The maximum Gasteiger partial charge on any atom is 0.248 e. The molecule has 1 atom stereocenters. The SMILES string of the molecule is Cc1noc(C)c1S(=O)(=O)N1CCCC(n2c(C)cnc2-c2cccnc2)C1. The first-order chi connectivity index (χ1) is 13.4. The van der Waals surface area contributed by atoms with Crippen LogP contribution in [0.2, 0.25) is 0 Å². The normalized spacial score (nSPS) is 18.5. The fourth-order valence-corrected chi connectivity index (χ4v) is 5.74. The molecule has 0 aromatic carbocycles. The van der Waals surface area contributed by atoms with Gasteiger partial charge in [0.25, 0.3) is 0 Å². The van der Waals surface area contributed by atoms with Gasteiger partial charge in [-0.2, -0.15) is 4.31 Å². The lowest BCUT2D eigenvalue weighted by Crippen LogP contribution is -2.41. The zero-order valence-electron chi connectivity index (χ0n) is 16.2. The van der Waals surface area contributed by atoms with Crippen molar-refractivity contribution in [2.45, 2.75) is 44.6 Å². The molecule has 0 spiro atoms. The Hall–Kier alpha value is -2.52. The number of aryl methyl sites for hydroxylation is 3. The molecule has 4 heterocycles. The largest absolute Gasteiger partial charge is 0.360 e. The smallest absolute Gasteiger partial charge is 0.248 e. The Kier molecular flexibility index (Phi) is 4.80. The molecule has 0 radical (unpaired) electrons. The van der Waals surface area contributed by atoms with Crippen molar-refractivity contribution in [2.24, 2.45) is 0 Å². The second kappa shape index (κ2) is 7.14. The summed E-state index contributed by atoms with van der Waals surface area (Å²) < 4.78 is 35.2. The first-order valence-electron chi connectivity index (χ1n) is 9.27. The highest BCUT2D eigenvalue weighted by Gasteiger charge is 2.35. The number of hydrogen-bond acceptors (Lipinski definition) is 6. The van der Waals surface area contributed by atoms with Crippen LogP contribution in [0.4, 0.5) is 0 Å². The van der Waals surface area contributed by atoms with Crippen molar-refractivity contribution in [3.63, 3.8) is 0 Å². The third-order valence-corrected chi connectivity index (χ3v) is 7.30. The van der Waals surface area contributed by atoms with Gasteiger partial charge in [0.1, 0.15) is 16.4 Å². The average molecular weight is 401 g/mol. The van der Waals surface area contributed by atoms with Gasteiger partial charge in [-0.1, -0.05) is 5.16 Å². The van der Waals surface area contributed by atoms with Crippen molar-refractivity contribution < 1.29 is 12.9 Å². The van der Waals surface area contributed by atoms with Gasteiger partial charge >= 0.3 is 0 Å². The van der Waals surface area contributed by atoms with Gasteiger partial charge in [0, 0.05) is 49.0 Å². The van der Waals surface area contributed by atoms with Crippen molar-refractivity contribution >= 4 is 10.0 Å². The molecule has 0 saturated carbocycles. The molecule has 0 aliphatic carbocycles. The van der Waals surface area contributed by atoms with Gasteiger partial charge in [-0.25, -0.2) is 13.4 Å². The van der Waals surface area contributed by atoms with Crippen molar-refractivity contribution in [1.29, 1.82) is 0 Å². The Bertz CT molecular complexity index is 1070. The third-order valence-electron chi connectivity index (χ3n) is 5.19. The van der Waals surface area contributed by atoms with Crippen LogP contribution in [0.25, 0.3) is 11.4 Å². The highest BCUT2D eigenvalue weighted by Crippen LogP contribution is 2.32. The van der Waals surface area contributed by atoms with Gasteiger partial charge in [0.05, 0.1) is 0 Å². The molecule has 0 amide bonds. The van der Waals surface area contributed by atoms with Gasteiger partial charge in [-0.15, -0.1) is 0 Å². The van der Waals surface area contributed by atoms with Crippen molar-refractivity contribution in [3.8, 4) is 11.4 Å². The summed E-state index contributed by atoms with van der Waals surface area (Å²) in [5.74, 6) is 1.14. The maximum absolute atomic E-state index is 13.2. The van der Waals surface area contributed by atoms with E-state index in [9.17, 15) is 8.42 Å². The minimum atomic E-state index is -3.66.